The Morgan fingerprint density at radius 2 is 0.845 bits per heavy atom. The van der Waals surface area contributed by atoms with Gasteiger partial charge in [0.15, 0.2) is 0 Å². The van der Waals surface area contributed by atoms with Gasteiger partial charge < -0.3 is 13.6 Å². The van der Waals surface area contributed by atoms with Crippen LogP contribution in [-0.2, 0) is 5.41 Å². The predicted molar refractivity (Wildman–Crippen MR) is 241 cm³/mol. The van der Waals surface area contributed by atoms with E-state index in [1.165, 1.54) is 0 Å². The maximum Gasteiger partial charge on any atom is 0.135 e. The van der Waals surface area contributed by atoms with E-state index in [0.29, 0.717) is 10.9 Å². The van der Waals surface area contributed by atoms with Crippen LogP contribution in [0.25, 0.3) is 76.9 Å². The summed E-state index contributed by atoms with van der Waals surface area (Å²) in [7, 11) is 0. The highest BCUT2D eigenvalue weighted by Crippen LogP contribution is 2.47. The largest absolute Gasteiger partial charge is 0.456 e. The molecule has 9 aromatic carbocycles. The molecule has 3 heteroatoms. The van der Waals surface area contributed by atoms with Gasteiger partial charge in [-0.3, -0.25) is 0 Å². The molecule has 0 N–H and O–H groups in total. The molecule has 3 heterocycles. The highest BCUT2D eigenvalue weighted by Gasteiger charge is 2.38. The zero-order valence-electron chi connectivity index (χ0n) is 35.3. The summed E-state index contributed by atoms with van der Waals surface area (Å²) < 4.78 is 46.1. The molecule has 3 aromatic heterocycles. The molecule has 272 valence electrons. The van der Waals surface area contributed by atoms with Crippen LogP contribution in [0.3, 0.4) is 0 Å². The minimum Gasteiger partial charge on any atom is -0.456 e. The second kappa shape index (κ2) is 12.7. The van der Waals surface area contributed by atoms with Crippen LogP contribution in [0.1, 0.15) is 27.7 Å². The van der Waals surface area contributed by atoms with Crippen LogP contribution in [0, 0.1) is 0 Å². The van der Waals surface area contributed by atoms with E-state index in [-0.39, 0.29) is 24.2 Å². The van der Waals surface area contributed by atoms with E-state index in [2.05, 4.69) is 156 Å². The van der Waals surface area contributed by atoms with E-state index < -0.39 is 5.41 Å². The molecule has 58 heavy (non-hydrogen) atoms. The van der Waals surface area contributed by atoms with Gasteiger partial charge in [-0.2, -0.15) is 0 Å². The topological polar surface area (TPSA) is 23.0 Å². The standard InChI is InChI=1S/C55H36N2O/c1-4-16-37(17-5-1)55(38-18-6-2-7-19-38,39-20-8-3-9-21-39)40-28-31-51-46(34-40)47-35-41(56-49-25-13-10-22-43(49)44-23-11-14-26-50(44)56)29-32-52(47)57(51)42-30-33-54-48(36-42)45-24-12-15-27-53(45)58-54/h1-36H/i10D,13D,22D,25D. The van der Waals surface area contributed by atoms with Gasteiger partial charge in [0.2, 0.25) is 0 Å². The first-order valence-corrected chi connectivity index (χ1v) is 19.6. The molecule has 0 amide bonds. The Kier molecular flexibility index (Phi) is 6.30. The van der Waals surface area contributed by atoms with Gasteiger partial charge in [-0.25, -0.2) is 0 Å². The SMILES string of the molecule is [2H]c1c([2H])c([2H])c2c(c1[2H])c1ccccc1n2-c1ccc2c(c1)c1cc(C(c3ccccc3)(c3ccccc3)c3ccccc3)ccc1n2-c1ccc2oc3ccccc3c2c1. The highest BCUT2D eigenvalue weighted by atomic mass is 16.3. The molecule has 0 unspecified atom stereocenters. The summed E-state index contributed by atoms with van der Waals surface area (Å²) in [5.41, 5.74) is 10.7. The average molecular weight is 745 g/mol. The van der Waals surface area contributed by atoms with Crippen molar-refractivity contribution in [1.29, 1.82) is 0 Å². The third kappa shape index (κ3) is 4.68. The van der Waals surface area contributed by atoms with Crippen LogP contribution in [0.4, 0.5) is 0 Å². The molecule has 0 saturated carbocycles. The van der Waals surface area contributed by atoms with Crippen LogP contribution in [0.15, 0.2) is 223 Å². The van der Waals surface area contributed by atoms with E-state index in [1.807, 2.05) is 47.0 Å². The minimum atomic E-state index is -0.672. The smallest absolute Gasteiger partial charge is 0.135 e. The molecule has 0 atom stereocenters. The number of rotatable bonds is 6. The zero-order valence-corrected chi connectivity index (χ0v) is 31.3. The Morgan fingerprint density at radius 3 is 1.55 bits per heavy atom. The molecule has 0 radical (unpaired) electrons. The molecule has 0 fully saturated rings. The maximum atomic E-state index is 9.19. The molecule has 3 nitrogen and oxygen atoms in total. The lowest BCUT2D eigenvalue weighted by Gasteiger charge is -2.37. The number of nitrogens with zero attached hydrogens (tertiary/aromatic N) is 2. The van der Waals surface area contributed by atoms with Gasteiger partial charge >= 0.3 is 0 Å². The molecular formula is C55H36N2O. The first-order chi connectivity index (χ1) is 30.4. The van der Waals surface area contributed by atoms with Gasteiger partial charge in [0.1, 0.15) is 11.2 Å². The summed E-state index contributed by atoms with van der Waals surface area (Å²) in [5.74, 6) is 0. The van der Waals surface area contributed by atoms with Crippen molar-refractivity contribution in [2.24, 2.45) is 0 Å². The fraction of sp³-hybridized carbons (Fsp3) is 0.0182. The number of hydrogen-bond acceptors (Lipinski definition) is 1. The van der Waals surface area contributed by atoms with Gasteiger partial charge in [0.25, 0.3) is 0 Å². The first-order valence-electron chi connectivity index (χ1n) is 21.6. The lowest BCUT2D eigenvalue weighted by atomic mass is 9.65. The molecule has 0 saturated heterocycles. The van der Waals surface area contributed by atoms with Crippen LogP contribution in [-0.4, -0.2) is 9.13 Å². The Hall–Kier alpha value is -7.62. The highest BCUT2D eigenvalue weighted by molar-refractivity contribution is 6.13. The van der Waals surface area contributed by atoms with Crippen molar-refractivity contribution in [2.75, 3.05) is 0 Å². The quantitative estimate of drug-likeness (QED) is 0.156. The van der Waals surface area contributed by atoms with Crippen LogP contribution in [0.5, 0.6) is 0 Å². The number of aromatic nitrogens is 2. The third-order valence-electron chi connectivity index (χ3n) is 12.0. The molecule has 0 aliphatic heterocycles. The van der Waals surface area contributed by atoms with E-state index in [4.69, 9.17) is 8.53 Å². The molecule has 12 rings (SSSR count). The Balaban J connectivity index is 1.21. The summed E-state index contributed by atoms with van der Waals surface area (Å²) >= 11 is 0. The van der Waals surface area contributed by atoms with Crippen LogP contribution in [0.2, 0.25) is 0 Å². The molecule has 0 aliphatic rings. The van der Waals surface area contributed by atoms with Crippen molar-refractivity contribution in [1.82, 2.24) is 9.13 Å². The van der Waals surface area contributed by atoms with E-state index >= 15 is 0 Å². The fourth-order valence-corrected chi connectivity index (χ4v) is 9.52. The monoisotopic (exact) mass is 744 g/mol. The summed E-state index contributed by atoms with van der Waals surface area (Å²) in [4.78, 5) is 0. The van der Waals surface area contributed by atoms with E-state index in [0.717, 1.165) is 88.3 Å². The molecule has 0 spiro atoms. The Labute approximate surface area is 340 Å². The Bertz CT molecular complexity index is 3640. The van der Waals surface area contributed by atoms with Crippen LogP contribution < -0.4 is 0 Å². The number of hydrogen-bond donors (Lipinski definition) is 0. The van der Waals surface area contributed by atoms with E-state index in [9.17, 15) is 1.37 Å². The molecular weight excluding hydrogens is 705 g/mol. The van der Waals surface area contributed by atoms with Gasteiger partial charge in [-0.15, -0.1) is 0 Å². The predicted octanol–water partition coefficient (Wildman–Crippen LogP) is 14.2. The molecule has 0 aliphatic carbocycles. The summed E-state index contributed by atoms with van der Waals surface area (Å²) in [5, 5.41) is 5.44. The third-order valence-corrected chi connectivity index (χ3v) is 12.0. The summed E-state index contributed by atoms with van der Waals surface area (Å²) in [6.45, 7) is 0. The first kappa shape index (κ1) is 28.7. The maximum absolute atomic E-state index is 9.19. The number of furan rings is 1. The second-order valence-electron chi connectivity index (χ2n) is 15.0. The molecule has 0 bridgehead atoms. The Morgan fingerprint density at radius 1 is 0.345 bits per heavy atom. The van der Waals surface area contributed by atoms with Crippen molar-refractivity contribution in [3.8, 4) is 11.4 Å². The van der Waals surface area contributed by atoms with Crippen molar-refractivity contribution >= 4 is 65.6 Å². The van der Waals surface area contributed by atoms with Crippen molar-refractivity contribution in [2.45, 2.75) is 5.41 Å². The molecule has 12 aromatic rings. The van der Waals surface area contributed by atoms with Gasteiger partial charge in [-0.1, -0.05) is 152 Å². The van der Waals surface area contributed by atoms with E-state index in [1.54, 1.807) is 0 Å². The number of fused-ring (bicyclic) bond motifs is 9. The fourth-order valence-electron chi connectivity index (χ4n) is 9.52. The van der Waals surface area contributed by atoms with Gasteiger partial charge in [-0.05, 0) is 89.0 Å². The average Bonchev–Trinajstić information content (AvgIpc) is 3.99. The second-order valence-corrected chi connectivity index (χ2v) is 15.0. The summed E-state index contributed by atoms with van der Waals surface area (Å²) in [6, 6.07) is 67.3. The lowest BCUT2D eigenvalue weighted by molar-refractivity contribution is 0.669. The number of para-hydroxylation sites is 3. The van der Waals surface area contributed by atoms with Crippen LogP contribution >= 0.6 is 0 Å². The van der Waals surface area contributed by atoms with Crippen molar-refractivity contribution in [3.63, 3.8) is 0 Å². The van der Waals surface area contributed by atoms with Gasteiger partial charge in [0.05, 0.1) is 33.0 Å². The normalized spacial score (nSPS) is 13.1. The zero-order chi connectivity index (χ0) is 41.7. The summed E-state index contributed by atoms with van der Waals surface area (Å²) in [6.07, 6.45) is 0. The van der Waals surface area contributed by atoms with Gasteiger partial charge in [0, 0.05) is 43.7 Å². The minimum absolute atomic E-state index is 0.0421. The van der Waals surface area contributed by atoms with Crippen molar-refractivity contribution < 1.29 is 9.90 Å². The van der Waals surface area contributed by atoms with Crippen molar-refractivity contribution in [3.05, 3.63) is 241 Å². The lowest BCUT2D eigenvalue weighted by Crippen LogP contribution is -2.30. The number of benzene rings is 9.